The van der Waals surface area contributed by atoms with Crippen molar-refractivity contribution >= 4 is 17.0 Å². The number of ether oxygens (including phenoxy) is 2. The molecule has 0 N–H and O–H groups in total. The van der Waals surface area contributed by atoms with Gasteiger partial charge in [-0.05, 0) is 61.0 Å². The average Bonchev–Trinajstić information content (AvgIpc) is 2.92. The van der Waals surface area contributed by atoms with Gasteiger partial charge >= 0.3 is 5.97 Å². The Morgan fingerprint density at radius 1 is 0.973 bits per heavy atom. The Labute approximate surface area is 217 Å². The van der Waals surface area contributed by atoms with Crippen molar-refractivity contribution in [1.29, 1.82) is 0 Å². The van der Waals surface area contributed by atoms with E-state index < -0.39 is 17.0 Å². The molecule has 190 valence electrons. The van der Waals surface area contributed by atoms with Crippen LogP contribution in [0.4, 0.5) is 0 Å². The lowest BCUT2D eigenvalue weighted by molar-refractivity contribution is 0.0600. The summed E-state index contributed by atoms with van der Waals surface area (Å²) in [6.07, 6.45) is 0. The molecular weight excluding hydrogens is 492 g/mol. The van der Waals surface area contributed by atoms with Gasteiger partial charge in [0.2, 0.25) is 0 Å². The molecule has 0 aliphatic rings. The van der Waals surface area contributed by atoms with E-state index in [1.807, 2.05) is 37.3 Å². The van der Waals surface area contributed by atoms with Crippen LogP contribution in [0.2, 0.25) is 0 Å². The van der Waals surface area contributed by atoms with Crippen molar-refractivity contribution in [2.75, 3.05) is 14.2 Å². The van der Waals surface area contributed by atoms with Gasteiger partial charge in [0.05, 0.1) is 43.5 Å². The highest BCUT2D eigenvalue weighted by molar-refractivity contribution is 7.80. The van der Waals surface area contributed by atoms with E-state index in [9.17, 15) is 13.8 Å². The van der Waals surface area contributed by atoms with Gasteiger partial charge in [-0.1, -0.05) is 29.8 Å². The zero-order valence-corrected chi connectivity index (χ0v) is 21.5. The molecule has 0 saturated heterocycles. The number of carbonyl (C=O) groups excluding carboxylic acids is 1. The first-order chi connectivity index (χ1) is 17.9. The predicted octanol–water partition coefficient (Wildman–Crippen LogP) is 4.30. The average molecular weight is 519 g/mol. The third kappa shape index (κ3) is 6.38. The van der Waals surface area contributed by atoms with Gasteiger partial charge in [0, 0.05) is 17.2 Å². The van der Waals surface area contributed by atoms with Gasteiger partial charge in [0.25, 0.3) is 5.56 Å². The fraction of sp³-hybridized carbons (Fsp3) is 0.179. The summed E-state index contributed by atoms with van der Waals surface area (Å²) in [5.74, 6) is 0.129. The minimum atomic E-state index is -1.64. The number of aryl methyl sites for hydroxylation is 1. The number of rotatable bonds is 9. The van der Waals surface area contributed by atoms with Gasteiger partial charge in [-0.15, -0.1) is 0 Å². The van der Waals surface area contributed by atoms with E-state index in [1.165, 1.54) is 17.9 Å². The number of carbonyl (C=O) groups is 1. The van der Waals surface area contributed by atoms with E-state index in [2.05, 4.69) is 5.10 Å². The number of hydrogen-bond acceptors (Lipinski definition) is 7. The summed E-state index contributed by atoms with van der Waals surface area (Å²) in [5, 5.41) is 4.53. The second-order valence-corrected chi connectivity index (χ2v) is 9.42. The van der Waals surface area contributed by atoms with Crippen LogP contribution in [0.25, 0.3) is 11.3 Å². The molecule has 3 aromatic carbocycles. The normalized spacial score (nSPS) is 11.6. The van der Waals surface area contributed by atoms with E-state index >= 15 is 0 Å². The molecule has 0 aliphatic heterocycles. The molecule has 1 heterocycles. The van der Waals surface area contributed by atoms with Gasteiger partial charge < -0.3 is 9.47 Å². The quantitative estimate of drug-likeness (QED) is 0.305. The number of methoxy groups -OCH3 is 2. The van der Waals surface area contributed by atoms with Gasteiger partial charge in [-0.2, -0.15) is 5.10 Å². The fourth-order valence-electron chi connectivity index (χ4n) is 3.69. The molecule has 1 unspecified atom stereocenters. The van der Waals surface area contributed by atoms with Crippen LogP contribution < -0.4 is 10.3 Å². The Morgan fingerprint density at radius 3 is 2.49 bits per heavy atom. The first kappa shape index (κ1) is 26.0. The SMILES string of the molecule is COC(=O)c1cccc(Cn2nc(-c3ccc(OC)c(COS(=O)c4ccc(C)cc4)c3)ccc2=O)c1. The molecule has 4 rings (SSSR count). The van der Waals surface area contributed by atoms with Crippen LogP contribution in [0.3, 0.4) is 0 Å². The van der Waals surface area contributed by atoms with Crippen LogP contribution in [0.15, 0.2) is 88.6 Å². The number of esters is 1. The second kappa shape index (κ2) is 11.8. The first-order valence-corrected chi connectivity index (χ1v) is 12.5. The summed E-state index contributed by atoms with van der Waals surface area (Å²) < 4.78 is 29.8. The highest BCUT2D eigenvalue weighted by Gasteiger charge is 2.13. The largest absolute Gasteiger partial charge is 0.496 e. The van der Waals surface area contributed by atoms with E-state index in [-0.39, 0.29) is 18.7 Å². The molecule has 0 spiro atoms. The van der Waals surface area contributed by atoms with Crippen molar-refractivity contribution in [1.82, 2.24) is 9.78 Å². The molecule has 4 aromatic rings. The minimum Gasteiger partial charge on any atom is -0.496 e. The maximum absolute atomic E-state index is 12.6. The molecule has 0 amide bonds. The molecule has 0 radical (unpaired) electrons. The molecular formula is C28H26N2O6S. The van der Waals surface area contributed by atoms with E-state index in [1.54, 1.807) is 49.6 Å². The van der Waals surface area contributed by atoms with Crippen LogP contribution in [-0.4, -0.2) is 34.2 Å². The first-order valence-electron chi connectivity index (χ1n) is 11.4. The molecule has 37 heavy (non-hydrogen) atoms. The predicted molar refractivity (Wildman–Crippen MR) is 140 cm³/mol. The Morgan fingerprint density at radius 2 is 1.76 bits per heavy atom. The van der Waals surface area contributed by atoms with Crippen LogP contribution in [0, 0.1) is 6.92 Å². The van der Waals surface area contributed by atoms with Gasteiger partial charge in [-0.25, -0.2) is 13.7 Å². The van der Waals surface area contributed by atoms with Gasteiger partial charge in [0.15, 0.2) is 11.1 Å². The van der Waals surface area contributed by atoms with Crippen molar-refractivity contribution in [3.8, 4) is 17.0 Å². The molecule has 0 aliphatic carbocycles. The van der Waals surface area contributed by atoms with Crippen LogP contribution in [-0.2, 0) is 33.2 Å². The van der Waals surface area contributed by atoms with E-state index in [4.69, 9.17) is 13.7 Å². The molecule has 1 atom stereocenters. The highest BCUT2D eigenvalue weighted by atomic mass is 32.2. The lowest BCUT2D eigenvalue weighted by Crippen LogP contribution is -2.23. The smallest absolute Gasteiger partial charge is 0.337 e. The zero-order valence-electron chi connectivity index (χ0n) is 20.7. The standard InChI is InChI=1S/C28H26N2O6S/c1-19-7-10-24(11-8-19)37(33)36-18-23-16-21(9-13-26(23)34-2)25-12-14-27(31)30(29-25)17-20-5-4-6-22(15-20)28(32)35-3/h4-16H,17-18H2,1-3H3. The fourth-order valence-corrected chi connectivity index (χ4v) is 4.42. The number of aromatic nitrogens is 2. The summed E-state index contributed by atoms with van der Waals surface area (Å²) >= 11 is -1.64. The zero-order chi connectivity index (χ0) is 26.4. The second-order valence-electron chi connectivity index (χ2n) is 8.24. The van der Waals surface area contributed by atoms with E-state index in [0.717, 1.165) is 16.7 Å². The summed E-state index contributed by atoms with van der Waals surface area (Å²) in [5.41, 5.74) is 3.90. The maximum atomic E-state index is 12.6. The van der Waals surface area contributed by atoms with E-state index in [0.29, 0.717) is 27.5 Å². The maximum Gasteiger partial charge on any atom is 0.337 e. The monoisotopic (exact) mass is 518 g/mol. The lowest BCUT2D eigenvalue weighted by atomic mass is 10.1. The molecule has 1 aromatic heterocycles. The van der Waals surface area contributed by atoms with Crippen molar-refractivity contribution < 1.29 is 22.7 Å². The molecule has 0 bridgehead atoms. The topological polar surface area (TPSA) is 96.7 Å². The van der Waals surface area contributed by atoms with Gasteiger partial charge in [-0.3, -0.25) is 8.98 Å². The minimum absolute atomic E-state index is 0.0530. The Bertz CT molecular complexity index is 1500. The summed E-state index contributed by atoms with van der Waals surface area (Å²) in [6, 6.07) is 22.7. The van der Waals surface area contributed by atoms with Crippen LogP contribution >= 0.6 is 0 Å². The Kier molecular flexibility index (Phi) is 8.27. The Balaban J connectivity index is 1.57. The third-order valence-electron chi connectivity index (χ3n) is 5.66. The van der Waals surface area contributed by atoms with Crippen molar-refractivity contribution in [3.05, 3.63) is 111 Å². The van der Waals surface area contributed by atoms with Crippen molar-refractivity contribution in [2.24, 2.45) is 0 Å². The number of benzene rings is 3. The Hall–Kier alpha value is -4.08. The highest BCUT2D eigenvalue weighted by Crippen LogP contribution is 2.27. The molecule has 9 heteroatoms. The summed E-state index contributed by atoms with van der Waals surface area (Å²) in [6.45, 7) is 2.19. The summed E-state index contributed by atoms with van der Waals surface area (Å²) in [7, 11) is 2.87. The van der Waals surface area contributed by atoms with Crippen LogP contribution in [0.1, 0.15) is 27.0 Å². The third-order valence-corrected chi connectivity index (χ3v) is 6.65. The summed E-state index contributed by atoms with van der Waals surface area (Å²) in [4.78, 5) is 24.9. The number of hydrogen-bond donors (Lipinski definition) is 0. The van der Waals surface area contributed by atoms with Crippen LogP contribution in [0.5, 0.6) is 5.75 Å². The molecule has 0 saturated carbocycles. The van der Waals surface area contributed by atoms with Crippen molar-refractivity contribution in [3.63, 3.8) is 0 Å². The molecule has 0 fully saturated rings. The lowest BCUT2D eigenvalue weighted by Gasteiger charge is -2.12. The van der Waals surface area contributed by atoms with Crippen molar-refractivity contribution in [2.45, 2.75) is 25.0 Å². The number of nitrogens with zero attached hydrogens (tertiary/aromatic N) is 2. The molecule has 8 nitrogen and oxygen atoms in total. The van der Waals surface area contributed by atoms with Gasteiger partial charge in [0.1, 0.15) is 5.75 Å².